The molecule has 0 aliphatic carbocycles. The summed E-state index contributed by atoms with van der Waals surface area (Å²) in [5.41, 5.74) is 1.81. The number of aromatic nitrogens is 3. The maximum atomic E-state index is 13.9. The number of carbonyl (C=O) groups excluding carboxylic acids is 1. The van der Waals surface area contributed by atoms with Gasteiger partial charge in [-0.3, -0.25) is 9.59 Å². The molecule has 3 aromatic rings. The summed E-state index contributed by atoms with van der Waals surface area (Å²) in [6, 6.07) is 9.22. The molecule has 1 aliphatic rings. The molecular weight excluding hydrogens is 363 g/mol. The van der Waals surface area contributed by atoms with Crippen molar-refractivity contribution in [3.05, 3.63) is 69.5 Å². The first kappa shape index (κ1) is 18.1. The molecule has 144 valence electrons. The van der Waals surface area contributed by atoms with Gasteiger partial charge in [-0.2, -0.15) is 5.10 Å². The Bertz CT molecular complexity index is 1070. The Morgan fingerprint density at radius 1 is 1.25 bits per heavy atom. The van der Waals surface area contributed by atoms with E-state index in [2.05, 4.69) is 15.4 Å². The fourth-order valence-corrected chi connectivity index (χ4v) is 3.57. The van der Waals surface area contributed by atoms with Crippen LogP contribution in [0.4, 0.5) is 4.39 Å². The Labute approximate surface area is 160 Å². The van der Waals surface area contributed by atoms with Gasteiger partial charge in [0.25, 0.3) is 11.5 Å². The molecule has 0 radical (unpaired) electrons. The number of likely N-dealkylation sites (tertiary alicyclic amines) is 1. The number of benzene rings is 1. The molecule has 0 atom stereocenters. The number of rotatable bonds is 3. The SMILES string of the molecule is Cc1cc(-c2cc(=O)[nH]nc2C2CCN(C(=O)c3ccccc3F)CC2)on1. The second-order valence-electron chi connectivity index (χ2n) is 6.91. The number of hydrogen-bond acceptors (Lipinski definition) is 5. The van der Waals surface area contributed by atoms with Crippen molar-refractivity contribution in [2.75, 3.05) is 13.1 Å². The second-order valence-corrected chi connectivity index (χ2v) is 6.91. The lowest BCUT2D eigenvalue weighted by Crippen LogP contribution is -2.38. The fourth-order valence-electron chi connectivity index (χ4n) is 3.57. The third-order valence-electron chi connectivity index (χ3n) is 5.00. The monoisotopic (exact) mass is 382 g/mol. The molecule has 1 N–H and O–H groups in total. The van der Waals surface area contributed by atoms with E-state index >= 15 is 0 Å². The highest BCUT2D eigenvalue weighted by atomic mass is 19.1. The minimum Gasteiger partial charge on any atom is -0.356 e. The van der Waals surface area contributed by atoms with Crippen LogP contribution >= 0.6 is 0 Å². The summed E-state index contributed by atoms with van der Waals surface area (Å²) in [4.78, 5) is 26.0. The molecule has 1 aromatic carbocycles. The van der Waals surface area contributed by atoms with Crippen LogP contribution in [0.15, 0.2) is 45.7 Å². The van der Waals surface area contributed by atoms with Crippen molar-refractivity contribution in [1.82, 2.24) is 20.3 Å². The Morgan fingerprint density at radius 3 is 2.68 bits per heavy atom. The number of amides is 1. The first-order chi connectivity index (χ1) is 13.5. The lowest BCUT2D eigenvalue weighted by molar-refractivity contribution is 0.0707. The van der Waals surface area contributed by atoms with Gasteiger partial charge < -0.3 is 9.42 Å². The summed E-state index contributed by atoms with van der Waals surface area (Å²) in [5, 5.41) is 10.6. The van der Waals surface area contributed by atoms with Gasteiger partial charge in [0.2, 0.25) is 0 Å². The third kappa shape index (κ3) is 3.45. The molecule has 2 aromatic heterocycles. The number of aryl methyl sites for hydroxylation is 1. The average molecular weight is 382 g/mol. The van der Waals surface area contributed by atoms with E-state index in [0.717, 1.165) is 0 Å². The van der Waals surface area contributed by atoms with Gasteiger partial charge in [-0.1, -0.05) is 17.3 Å². The van der Waals surface area contributed by atoms with Crippen LogP contribution in [0, 0.1) is 12.7 Å². The van der Waals surface area contributed by atoms with Gasteiger partial charge in [0, 0.05) is 36.7 Å². The van der Waals surface area contributed by atoms with E-state index in [4.69, 9.17) is 4.52 Å². The molecule has 0 unspecified atom stereocenters. The number of aromatic amines is 1. The highest BCUT2D eigenvalue weighted by molar-refractivity contribution is 5.94. The van der Waals surface area contributed by atoms with Crippen LogP contribution in [0.2, 0.25) is 0 Å². The topological polar surface area (TPSA) is 92.1 Å². The fraction of sp³-hybridized carbons (Fsp3) is 0.300. The number of carbonyl (C=O) groups is 1. The lowest BCUT2D eigenvalue weighted by Gasteiger charge is -2.32. The van der Waals surface area contributed by atoms with Crippen LogP contribution in [-0.4, -0.2) is 39.3 Å². The Hall–Kier alpha value is -3.29. The van der Waals surface area contributed by atoms with Gasteiger partial charge in [0.1, 0.15) is 5.82 Å². The summed E-state index contributed by atoms with van der Waals surface area (Å²) in [7, 11) is 0. The average Bonchev–Trinajstić information content (AvgIpc) is 3.14. The van der Waals surface area contributed by atoms with E-state index in [1.165, 1.54) is 18.2 Å². The predicted octanol–water partition coefficient (Wildman–Crippen LogP) is 2.89. The molecule has 1 aliphatic heterocycles. The van der Waals surface area contributed by atoms with Crippen molar-refractivity contribution in [2.24, 2.45) is 0 Å². The first-order valence-electron chi connectivity index (χ1n) is 9.10. The van der Waals surface area contributed by atoms with Crippen molar-refractivity contribution in [3.8, 4) is 11.3 Å². The highest BCUT2D eigenvalue weighted by Gasteiger charge is 2.29. The van der Waals surface area contributed by atoms with E-state index in [1.807, 2.05) is 0 Å². The molecular formula is C20H19FN4O3. The summed E-state index contributed by atoms with van der Waals surface area (Å²) in [5.74, 6) is -0.283. The van der Waals surface area contributed by atoms with Gasteiger partial charge in [-0.05, 0) is 31.9 Å². The molecule has 8 heteroatoms. The van der Waals surface area contributed by atoms with Crippen LogP contribution < -0.4 is 5.56 Å². The van der Waals surface area contributed by atoms with Crippen molar-refractivity contribution in [3.63, 3.8) is 0 Å². The van der Waals surface area contributed by atoms with Crippen molar-refractivity contribution >= 4 is 5.91 Å². The molecule has 1 saturated heterocycles. The molecule has 0 bridgehead atoms. The van der Waals surface area contributed by atoms with E-state index in [-0.39, 0.29) is 22.9 Å². The molecule has 0 saturated carbocycles. The minimum absolute atomic E-state index is 0.0435. The molecule has 0 spiro atoms. The van der Waals surface area contributed by atoms with Gasteiger partial charge in [-0.25, -0.2) is 9.49 Å². The Balaban J connectivity index is 1.54. The zero-order valence-electron chi connectivity index (χ0n) is 15.3. The summed E-state index contributed by atoms with van der Waals surface area (Å²) < 4.78 is 19.2. The normalized spacial score (nSPS) is 15.0. The summed E-state index contributed by atoms with van der Waals surface area (Å²) >= 11 is 0. The number of halogens is 1. The zero-order valence-corrected chi connectivity index (χ0v) is 15.3. The van der Waals surface area contributed by atoms with Gasteiger partial charge in [-0.15, -0.1) is 0 Å². The van der Waals surface area contributed by atoms with Crippen LogP contribution in [0.25, 0.3) is 11.3 Å². The highest BCUT2D eigenvalue weighted by Crippen LogP contribution is 2.33. The van der Waals surface area contributed by atoms with Crippen LogP contribution in [0.3, 0.4) is 0 Å². The lowest BCUT2D eigenvalue weighted by atomic mass is 9.89. The smallest absolute Gasteiger partial charge is 0.264 e. The molecule has 7 nitrogen and oxygen atoms in total. The van der Waals surface area contributed by atoms with E-state index in [9.17, 15) is 14.0 Å². The van der Waals surface area contributed by atoms with Crippen molar-refractivity contribution < 1.29 is 13.7 Å². The number of H-pyrrole nitrogens is 1. The molecule has 4 rings (SSSR count). The Kier molecular flexibility index (Phi) is 4.77. The van der Waals surface area contributed by atoms with Crippen molar-refractivity contribution in [2.45, 2.75) is 25.7 Å². The van der Waals surface area contributed by atoms with Gasteiger partial charge in [0.15, 0.2) is 5.76 Å². The van der Waals surface area contributed by atoms with Crippen LogP contribution in [-0.2, 0) is 0 Å². The molecule has 1 amide bonds. The second kappa shape index (κ2) is 7.38. The molecule has 3 heterocycles. The van der Waals surface area contributed by atoms with Crippen molar-refractivity contribution in [1.29, 1.82) is 0 Å². The molecule has 28 heavy (non-hydrogen) atoms. The number of nitrogens with one attached hydrogen (secondary N) is 1. The quantitative estimate of drug-likeness (QED) is 0.752. The van der Waals surface area contributed by atoms with E-state index in [0.29, 0.717) is 48.6 Å². The number of nitrogens with zero attached hydrogens (tertiary/aromatic N) is 3. The maximum absolute atomic E-state index is 13.9. The van der Waals surface area contributed by atoms with Crippen LogP contribution in [0.1, 0.15) is 40.5 Å². The minimum atomic E-state index is -0.514. The first-order valence-corrected chi connectivity index (χ1v) is 9.10. The summed E-state index contributed by atoms with van der Waals surface area (Å²) in [6.45, 7) is 2.76. The predicted molar refractivity (Wildman–Crippen MR) is 99.4 cm³/mol. The van der Waals surface area contributed by atoms with E-state index < -0.39 is 5.82 Å². The largest absolute Gasteiger partial charge is 0.356 e. The van der Waals surface area contributed by atoms with Gasteiger partial charge >= 0.3 is 0 Å². The van der Waals surface area contributed by atoms with Gasteiger partial charge in [0.05, 0.1) is 17.0 Å². The maximum Gasteiger partial charge on any atom is 0.264 e. The molecule has 1 fully saturated rings. The standard InChI is InChI=1S/C20H19FN4O3/c1-12-10-17(28-24-12)15-11-18(26)22-23-19(15)13-6-8-25(9-7-13)20(27)14-4-2-3-5-16(14)21/h2-5,10-11,13H,6-9H2,1H3,(H,22,26). The zero-order chi connectivity index (χ0) is 19.7. The number of piperidine rings is 1. The van der Waals surface area contributed by atoms with E-state index in [1.54, 1.807) is 30.0 Å². The number of hydrogen-bond donors (Lipinski definition) is 1. The Morgan fingerprint density at radius 2 is 2.00 bits per heavy atom. The van der Waals surface area contributed by atoms with Crippen LogP contribution in [0.5, 0.6) is 0 Å². The summed E-state index contributed by atoms with van der Waals surface area (Å²) in [6.07, 6.45) is 1.30. The third-order valence-corrected chi connectivity index (χ3v) is 5.00.